The number of carboxylic acids is 1. The molecule has 0 saturated carbocycles. The normalized spacial score (nSPS) is 10.7. The summed E-state index contributed by atoms with van der Waals surface area (Å²) in [5.74, 6) is -3.57. The molecule has 6 heteroatoms. The summed E-state index contributed by atoms with van der Waals surface area (Å²) in [7, 11) is 0. The molecular formula is C13H13F2NO3. The first-order chi connectivity index (χ1) is 8.91. The summed E-state index contributed by atoms with van der Waals surface area (Å²) in [6.07, 6.45) is 3.37. The van der Waals surface area contributed by atoms with Crippen molar-refractivity contribution in [2.45, 2.75) is 13.3 Å². The number of hydrogen-bond acceptors (Lipinski definition) is 2. The van der Waals surface area contributed by atoms with Gasteiger partial charge in [-0.15, -0.1) is 0 Å². The Labute approximate surface area is 108 Å². The van der Waals surface area contributed by atoms with Gasteiger partial charge in [0.05, 0.1) is 5.56 Å². The van der Waals surface area contributed by atoms with Crippen molar-refractivity contribution in [1.29, 1.82) is 0 Å². The molecule has 0 spiro atoms. The lowest BCUT2D eigenvalue weighted by Gasteiger charge is -2.02. The summed E-state index contributed by atoms with van der Waals surface area (Å²) in [5, 5.41) is 11.3. The highest BCUT2D eigenvalue weighted by atomic mass is 19.1. The standard InChI is InChI=1S/C13H13F2NO3/c1-8(17)16-5-3-2-4-9-6-10(13(18)19)12(15)7-11(9)14/h2,4,6-7H,3,5H2,1H3,(H,16,17)(H,18,19). The van der Waals surface area contributed by atoms with Gasteiger partial charge >= 0.3 is 5.97 Å². The van der Waals surface area contributed by atoms with Gasteiger partial charge in [0.1, 0.15) is 11.6 Å². The average Bonchev–Trinajstić information content (AvgIpc) is 2.30. The summed E-state index contributed by atoms with van der Waals surface area (Å²) in [4.78, 5) is 21.3. The predicted octanol–water partition coefficient (Wildman–Crippen LogP) is 2.20. The van der Waals surface area contributed by atoms with Crippen LogP contribution < -0.4 is 5.32 Å². The summed E-state index contributed by atoms with van der Waals surface area (Å²) in [6.45, 7) is 1.77. The number of hydrogen-bond donors (Lipinski definition) is 2. The average molecular weight is 269 g/mol. The van der Waals surface area contributed by atoms with Crippen molar-refractivity contribution in [3.8, 4) is 0 Å². The van der Waals surface area contributed by atoms with Gasteiger partial charge < -0.3 is 10.4 Å². The minimum Gasteiger partial charge on any atom is -0.478 e. The number of halogens is 2. The fourth-order valence-corrected chi connectivity index (χ4v) is 1.40. The first kappa shape index (κ1) is 14.8. The second-order valence-corrected chi connectivity index (χ2v) is 3.83. The van der Waals surface area contributed by atoms with E-state index in [0.29, 0.717) is 19.0 Å². The van der Waals surface area contributed by atoms with Gasteiger partial charge in [-0.3, -0.25) is 4.79 Å². The second-order valence-electron chi connectivity index (χ2n) is 3.83. The first-order valence-corrected chi connectivity index (χ1v) is 5.55. The molecule has 0 saturated heterocycles. The molecular weight excluding hydrogens is 256 g/mol. The molecule has 0 bridgehead atoms. The molecule has 19 heavy (non-hydrogen) atoms. The van der Waals surface area contributed by atoms with Gasteiger partial charge in [-0.05, 0) is 12.5 Å². The van der Waals surface area contributed by atoms with E-state index in [1.165, 1.54) is 13.0 Å². The molecule has 0 aromatic heterocycles. The molecule has 102 valence electrons. The third kappa shape index (κ3) is 4.50. The molecule has 4 nitrogen and oxygen atoms in total. The zero-order chi connectivity index (χ0) is 14.4. The van der Waals surface area contributed by atoms with Crippen LogP contribution in [0, 0.1) is 11.6 Å². The van der Waals surface area contributed by atoms with Crippen molar-refractivity contribution >= 4 is 18.0 Å². The molecule has 1 aromatic rings. The number of rotatable bonds is 5. The van der Waals surface area contributed by atoms with E-state index in [0.717, 1.165) is 6.07 Å². The Kier molecular flexibility index (Phi) is 5.17. The Morgan fingerprint density at radius 3 is 2.58 bits per heavy atom. The molecule has 1 amide bonds. The van der Waals surface area contributed by atoms with Gasteiger partial charge in [0.2, 0.25) is 5.91 Å². The highest BCUT2D eigenvalue weighted by Crippen LogP contribution is 2.16. The maximum atomic E-state index is 13.4. The smallest absolute Gasteiger partial charge is 0.338 e. The van der Waals surface area contributed by atoms with Crippen LogP contribution in [0.15, 0.2) is 18.2 Å². The number of aromatic carboxylic acids is 1. The Morgan fingerprint density at radius 1 is 1.32 bits per heavy atom. The van der Waals surface area contributed by atoms with E-state index in [-0.39, 0.29) is 11.5 Å². The number of carbonyl (C=O) groups excluding carboxylic acids is 1. The fourth-order valence-electron chi connectivity index (χ4n) is 1.40. The van der Waals surface area contributed by atoms with E-state index in [2.05, 4.69) is 5.32 Å². The van der Waals surface area contributed by atoms with Crippen LogP contribution in [-0.4, -0.2) is 23.5 Å². The van der Waals surface area contributed by atoms with E-state index in [1.54, 1.807) is 6.08 Å². The van der Waals surface area contributed by atoms with Gasteiger partial charge in [-0.1, -0.05) is 12.2 Å². The number of nitrogens with one attached hydrogen (secondary N) is 1. The molecule has 0 aliphatic heterocycles. The lowest BCUT2D eigenvalue weighted by molar-refractivity contribution is -0.118. The summed E-state index contributed by atoms with van der Waals surface area (Å²) < 4.78 is 26.5. The Balaban J connectivity index is 2.77. The van der Waals surface area contributed by atoms with Gasteiger partial charge in [-0.2, -0.15) is 0 Å². The van der Waals surface area contributed by atoms with Crippen LogP contribution in [0.1, 0.15) is 29.3 Å². The minimum absolute atomic E-state index is 0.0124. The monoisotopic (exact) mass is 269 g/mol. The van der Waals surface area contributed by atoms with Crippen molar-refractivity contribution < 1.29 is 23.5 Å². The van der Waals surface area contributed by atoms with E-state index in [4.69, 9.17) is 5.11 Å². The predicted molar refractivity (Wildman–Crippen MR) is 65.7 cm³/mol. The fraction of sp³-hybridized carbons (Fsp3) is 0.231. The number of carbonyl (C=O) groups is 2. The summed E-state index contributed by atoms with van der Waals surface area (Å²) in [6, 6.07) is 1.47. The molecule has 0 aliphatic carbocycles. The van der Waals surface area contributed by atoms with Gasteiger partial charge in [0, 0.05) is 25.1 Å². The lowest BCUT2D eigenvalue weighted by atomic mass is 10.1. The minimum atomic E-state index is -1.45. The number of carboxylic acid groups (broad SMARTS) is 1. The van der Waals surface area contributed by atoms with E-state index >= 15 is 0 Å². The van der Waals surface area contributed by atoms with Crippen LogP contribution in [0.4, 0.5) is 8.78 Å². The zero-order valence-electron chi connectivity index (χ0n) is 10.2. The first-order valence-electron chi connectivity index (χ1n) is 5.55. The van der Waals surface area contributed by atoms with Crippen molar-refractivity contribution in [2.24, 2.45) is 0 Å². The number of amides is 1. The highest BCUT2D eigenvalue weighted by Gasteiger charge is 2.13. The third-order valence-electron chi connectivity index (χ3n) is 2.30. The molecule has 0 unspecified atom stereocenters. The van der Waals surface area contributed by atoms with Crippen LogP contribution in [0.25, 0.3) is 6.08 Å². The van der Waals surface area contributed by atoms with Crippen molar-refractivity contribution in [2.75, 3.05) is 6.54 Å². The Morgan fingerprint density at radius 2 is 2.00 bits per heavy atom. The van der Waals surface area contributed by atoms with Crippen LogP contribution in [-0.2, 0) is 4.79 Å². The van der Waals surface area contributed by atoms with Gasteiger partial charge in [0.15, 0.2) is 0 Å². The Hall–Kier alpha value is -2.24. The molecule has 0 radical (unpaired) electrons. The van der Waals surface area contributed by atoms with Crippen LogP contribution in [0.5, 0.6) is 0 Å². The molecule has 1 aromatic carbocycles. The topological polar surface area (TPSA) is 66.4 Å². The van der Waals surface area contributed by atoms with E-state index in [1.807, 2.05) is 0 Å². The molecule has 0 aliphatic rings. The SMILES string of the molecule is CC(=O)NCCC=Cc1cc(C(=O)O)c(F)cc1F. The van der Waals surface area contributed by atoms with Crippen LogP contribution in [0.3, 0.4) is 0 Å². The van der Waals surface area contributed by atoms with Crippen LogP contribution in [0.2, 0.25) is 0 Å². The number of benzene rings is 1. The summed E-state index contributed by atoms with van der Waals surface area (Å²) in [5.41, 5.74) is -0.593. The second kappa shape index (κ2) is 6.63. The third-order valence-corrected chi connectivity index (χ3v) is 2.30. The molecule has 0 heterocycles. The molecule has 0 fully saturated rings. The van der Waals surface area contributed by atoms with E-state index < -0.39 is 23.2 Å². The van der Waals surface area contributed by atoms with Gasteiger partial charge in [-0.25, -0.2) is 13.6 Å². The van der Waals surface area contributed by atoms with E-state index in [9.17, 15) is 18.4 Å². The van der Waals surface area contributed by atoms with Crippen LogP contribution >= 0.6 is 0 Å². The summed E-state index contributed by atoms with van der Waals surface area (Å²) >= 11 is 0. The van der Waals surface area contributed by atoms with Crippen molar-refractivity contribution in [1.82, 2.24) is 5.32 Å². The lowest BCUT2D eigenvalue weighted by Crippen LogP contribution is -2.20. The van der Waals surface area contributed by atoms with Crippen molar-refractivity contribution in [3.63, 3.8) is 0 Å². The maximum Gasteiger partial charge on any atom is 0.338 e. The highest BCUT2D eigenvalue weighted by molar-refractivity contribution is 5.88. The molecule has 1 rings (SSSR count). The molecule has 0 atom stereocenters. The zero-order valence-corrected chi connectivity index (χ0v) is 10.2. The quantitative estimate of drug-likeness (QED) is 0.805. The Bertz CT molecular complexity index is 527. The largest absolute Gasteiger partial charge is 0.478 e. The van der Waals surface area contributed by atoms with Gasteiger partial charge in [0.25, 0.3) is 0 Å². The van der Waals surface area contributed by atoms with Crippen molar-refractivity contribution in [3.05, 3.63) is 41.0 Å². The molecule has 2 N–H and O–H groups in total. The maximum absolute atomic E-state index is 13.4.